The van der Waals surface area contributed by atoms with Gasteiger partial charge in [0.25, 0.3) is 5.91 Å². The van der Waals surface area contributed by atoms with Crippen LogP contribution in [0.4, 0.5) is 0 Å². The predicted octanol–water partition coefficient (Wildman–Crippen LogP) is 5.72. The minimum atomic E-state index is 0.222. The van der Waals surface area contributed by atoms with E-state index in [1.807, 2.05) is 11.9 Å². The molecule has 4 nitrogen and oxygen atoms in total. The molecule has 0 spiro atoms. The highest BCUT2D eigenvalue weighted by Crippen LogP contribution is 2.37. The zero-order valence-corrected chi connectivity index (χ0v) is 20.1. The van der Waals surface area contributed by atoms with Crippen LogP contribution in [0.15, 0.2) is 18.2 Å². The maximum absolute atomic E-state index is 13.3. The number of piperidine rings is 1. The molecule has 3 aliphatic rings. The molecule has 0 radical (unpaired) electrons. The molecule has 1 amide bonds. The van der Waals surface area contributed by atoms with E-state index in [1.54, 1.807) is 0 Å². The Labute approximate surface area is 191 Å². The molecule has 3 heterocycles. The highest BCUT2D eigenvalue weighted by Gasteiger charge is 2.30. The normalized spacial score (nSPS) is 21.2. The Morgan fingerprint density at radius 1 is 1.10 bits per heavy atom. The zero-order chi connectivity index (χ0) is 21.4. The van der Waals surface area contributed by atoms with Crippen LogP contribution in [0, 0.1) is 5.92 Å². The average molecular weight is 440 g/mol. The monoisotopic (exact) mass is 439 g/mol. The lowest BCUT2D eigenvalue weighted by Crippen LogP contribution is -2.38. The lowest BCUT2D eigenvalue weighted by atomic mass is 9.98. The molecule has 2 aromatic rings. The fraction of sp³-hybridized carbons (Fsp3) is 0.654. The van der Waals surface area contributed by atoms with Crippen molar-refractivity contribution < 1.29 is 4.79 Å². The summed E-state index contributed by atoms with van der Waals surface area (Å²) in [4.78, 5) is 18.1. The van der Waals surface area contributed by atoms with Crippen LogP contribution in [0.2, 0.25) is 0 Å². The van der Waals surface area contributed by atoms with E-state index in [-0.39, 0.29) is 5.91 Å². The Morgan fingerprint density at radius 2 is 1.87 bits per heavy atom. The Bertz CT molecular complexity index is 938. The smallest absolute Gasteiger partial charge is 0.253 e. The summed E-state index contributed by atoms with van der Waals surface area (Å²) in [6.07, 6.45) is 10.0. The summed E-state index contributed by atoms with van der Waals surface area (Å²) in [5.74, 6) is 2.10. The van der Waals surface area contributed by atoms with Gasteiger partial charge in [-0.1, -0.05) is 26.7 Å². The maximum atomic E-state index is 13.3. The lowest BCUT2D eigenvalue weighted by Gasteiger charge is -2.33. The van der Waals surface area contributed by atoms with Crippen LogP contribution in [0.25, 0.3) is 10.9 Å². The Morgan fingerprint density at radius 3 is 2.61 bits per heavy atom. The molecule has 1 aromatic heterocycles. The Hall–Kier alpha value is -1.46. The summed E-state index contributed by atoms with van der Waals surface area (Å²) in [6.45, 7) is 8.58. The van der Waals surface area contributed by atoms with E-state index >= 15 is 0 Å². The minimum absolute atomic E-state index is 0.222. The number of benzene rings is 1. The summed E-state index contributed by atoms with van der Waals surface area (Å²) in [5.41, 5.74) is 5.17. The summed E-state index contributed by atoms with van der Waals surface area (Å²) in [5, 5.41) is 1.32. The fourth-order valence-electron chi connectivity index (χ4n) is 5.78. The molecule has 2 aliphatic heterocycles. The molecule has 168 valence electrons. The number of rotatable bonds is 5. The zero-order valence-electron chi connectivity index (χ0n) is 19.2. The molecule has 2 fully saturated rings. The van der Waals surface area contributed by atoms with Crippen LogP contribution in [0.3, 0.4) is 0 Å². The maximum Gasteiger partial charge on any atom is 0.253 e. The van der Waals surface area contributed by atoms with Gasteiger partial charge in [-0.3, -0.25) is 13.7 Å². The van der Waals surface area contributed by atoms with Crippen molar-refractivity contribution in [2.75, 3.05) is 25.4 Å². The van der Waals surface area contributed by atoms with Gasteiger partial charge in [-0.25, -0.2) is 0 Å². The molecule has 0 atom stereocenters. The van der Waals surface area contributed by atoms with Crippen molar-refractivity contribution in [1.29, 1.82) is 0 Å². The molecule has 5 heteroatoms. The SMILES string of the molecule is CCCSn1c2c(c3cc(C(=O)N4CCC(C)CC4)ccc31)CN(C1CCCC1)CC2. The number of amides is 1. The van der Waals surface area contributed by atoms with E-state index in [4.69, 9.17) is 0 Å². The average Bonchev–Trinajstić information content (AvgIpc) is 3.44. The molecular formula is C26H37N3OS. The van der Waals surface area contributed by atoms with Gasteiger partial charge in [-0.2, -0.15) is 0 Å². The van der Waals surface area contributed by atoms with Gasteiger partial charge in [-0.15, -0.1) is 0 Å². The van der Waals surface area contributed by atoms with E-state index in [0.29, 0.717) is 0 Å². The number of carbonyl (C=O) groups is 1. The first-order valence-corrected chi connectivity index (χ1v) is 13.4. The molecule has 0 unspecified atom stereocenters. The number of aromatic nitrogens is 1. The van der Waals surface area contributed by atoms with Crippen molar-refractivity contribution in [3.8, 4) is 0 Å². The molecule has 0 bridgehead atoms. The minimum Gasteiger partial charge on any atom is -0.339 e. The van der Waals surface area contributed by atoms with Crippen molar-refractivity contribution in [3.63, 3.8) is 0 Å². The predicted molar refractivity (Wildman–Crippen MR) is 131 cm³/mol. The van der Waals surface area contributed by atoms with Gasteiger partial charge in [0.15, 0.2) is 0 Å². The van der Waals surface area contributed by atoms with E-state index < -0.39 is 0 Å². The molecule has 1 aromatic carbocycles. The second kappa shape index (κ2) is 9.19. The van der Waals surface area contributed by atoms with Crippen molar-refractivity contribution in [1.82, 2.24) is 13.8 Å². The van der Waals surface area contributed by atoms with Crippen LogP contribution < -0.4 is 0 Å². The van der Waals surface area contributed by atoms with Crippen molar-refractivity contribution in [2.45, 2.75) is 77.8 Å². The number of hydrogen-bond donors (Lipinski definition) is 0. The third kappa shape index (κ3) is 4.16. The summed E-state index contributed by atoms with van der Waals surface area (Å²) in [7, 11) is 0. The van der Waals surface area contributed by atoms with Crippen LogP contribution in [0.1, 0.15) is 80.4 Å². The second-order valence-electron chi connectivity index (χ2n) is 9.92. The molecule has 31 heavy (non-hydrogen) atoms. The van der Waals surface area contributed by atoms with Crippen LogP contribution >= 0.6 is 11.9 Å². The fourth-order valence-corrected chi connectivity index (χ4v) is 6.80. The number of hydrogen-bond acceptors (Lipinski definition) is 3. The number of carbonyl (C=O) groups excluding carboxylic acids is 1. The second-order valence-corrected chi connectivity index (χ2v) is 10.9. The first-order valence-electron chi connectivity index (χ1n) is 12.5. The number of likely N-dealkylation sites (tertiary alicyclic amines) is 1. The third-order valence-electron chi connectivity index (χ3n) is 7.71. The van der Waals surface area contributed by atoms with E-state index in [2.05, 4.69) is 45.8 Å². The van der Waals surface area contributed by atoms with Crippen molar-refractivity contribution in [3.05, 3.63) is 35.0 Å². The van der Waals surface area contributed by atoms with Crippen molar-refractivity contribution >= 4 is 28.8 Å². The largest absolute Gasteiger partial charge is 0.339 e. The highest BCUT2D eigenvalue weighted by molar-refractivity contribution is 7.98. The van der Waals surface area contributed by atoms with Crippen LogP contribution in [0.5, 0.6) is 0 Å². The quantitative estimate of drug-likeness (QED) is 0.596. The Balaban J connectivity index is 1.49. The van der Waals surface area contributed by atoms with Crippen LogP contribution in [-0.4, -0.2) is 51.1 Å². The molecule has 1 saturated heterocycles. The van der Waals surface area contributed by atoms with Crippen LogP contribution in [-0.2, 0) is 13.0 Å². The Kier molecular flexibility index (Phi) is 6.34. The topological polar surface area (TPSA) is 28.5 Å². The standard InChI is InChI=1S/C26H37N3OS/c1-3-16-31-29-24-9-8-20(26(30)27-13-10-19(2)11-14-27)17-22(24)23-18-28(15-12-25(23)29)21-6-4-5-7-21/h8-9,17,19,21H,3-7,10-16,18H2,1-2H3. The van der Waals surface area contributed by atoms with E-state index in [1.165, 1.54) is 60.8 Å². The number of nitrogens with zero attached hydrogens (tertiary/aromatic N) is 3. The molecule has 0 N–H and O–H groups in total. The first-order chi connectivity index (χ1) is 15.2. The third-order valence-corrected chi connectivity index (χ3v) is 8.98. The first kappa shape index (κ1) is 21.4. The molecule has 1 saturated carbocycles. The van der Waals surface area contributed by atoms with Gasteiger partial charge in [0.1, 0.15) is 0 Å². The van der Waals surface area contributed by atoms with E-state index in [0.717, 1.165) is 62.2 Å². The van der Waals surface area contributed by atoms with Gasteiger partial charge in [0, 0.05) is 61.0 Å². The van der Waals surface area contributed by atoms with Gasteiger partial charge in [0.2, 0.25) is 0 Å². The molecule has 5 rings (SSSR count). The lowest BCUT2D eigenvalue weighted by molar-refractivity contribution is 0.0697. The number of fused-ring (bicyclic) bond motifs is 3. The van der Waals surface area contributed by atoms with E-state index in [9.17, 15) is 4.79 Å². The highest BCUT2D eigenvalue weighted by atomic mass is 32.2. The summed E-state index contributed by atoms with van der Waals surface area (Å²) >= 11 is 1.95. The summed E-state index contributed by atoms with van der Waals surface area (Å²) < 4.78 is 2.50. The van der Waals surface area contributed by atoms with Gasteiger partial charge in [0.05, 0.1) is 5.52 Å². The summed E-state index contributed by atoms with van der Waals surface area (Å²) in [6, 6.07) is 7.27. The van der Waals surface area contributed by atoms with Gasteiger partial charge >= 0.3 is 0 Å². The van der Waals surface area contributed by atoms with Gasteiger partial charge < -0.3 is 4.90 Å². The molecule has 1 aliphatic carbocycles. The van der Waals surface area contributed by atoms with Gasteiger partial charge in [-0.05, 0) is 73.7 Å². The molecular weight excluding hydrogens is 402 g/mol. The van der Waals surface area contributed by atoms with Crippen molar-refractivity contribution in [2.24, 2.45) is 5.92 Å².